The largest absolute Gasteiger partial charge is 0.493 e. The molecule has 0 atom stereocenters. The molecule has 0 saturated carbocycles. The van der Waals surface area contributed by atoms with Gasteiger partial charge >= 0.3 is 0 Å². The lowest BCUT2D eigenvalue weighted by molar-refractivity contribution is -0.385. The quantitative estimate of drug-likeness (QED) is 0.475. The number of amides is 1. The molecule has 0 aliphatic carbocycles. The fraction of sp³-hybridized carbons (Fsp3) is 0.158. The predicted molar refractivity (Wildman–Crippen MR) is 103 cm³/mol. The predicted octanol–water partition coefficient (Wildman–Crippen LogP) is 3.64. The number of ether oxygens (including phenoxy) is 2. The number of nitro groups is 1. The Bertz CT molecular complexity index is 1000. The Kier molecular flexibility index (Phi) is 5.54. The van der Waals surface area contributed by atoms with Crippen LogP contribution in [0.5, 0.6) is 11.5 Å². The van der Waals surface area contributed by atoms with Crippen molar-refractivity contribution >= 4 is 17.3 Å². The van der Waals surface area contributed by atoms with Crippen molar-refractivity contribution in [1.82, 2.24) is 10.2 Å². The van der Waals surface area contributed by atoms with Crippen LogP contribution >= 0.6 is 0 Å². The molecular weight excluding hydrogens is 364 g/mol. The van der Waals surface area contributed by atoms with Crippen LogP contribution in [-0.2, 0) is 0 Å². The number of rotatable bonds is 7. The average Bonchev–Trinajstić information content (AvgIpc) is 3.23. The third kappa shape index (κ3) is 3.93. The topological polar surface area (TPSA) is 119 Å². The first-order chi connectivity index (χ1) is 13.5. The van der Waals surface area contributed by atoms with E-state index in [9.17, 15) is 14.9 Å². The number of aromatic amines is 1. The Labute approximate surface area is 160 Å². The van der Waals surface area contributed by atoms with Crippen molar-refractivity contribution in [2.75, 3.05) is 19.0 Å². The zero-order valence-corrected chi connectivity index (χ0v) is 15.3. The summed E-state index contributed by atoms with van der Waals surface area (Å²) in [6, 6.07) is 11.3. The van der Waals surface area contributed by atoms with Gasteiger partial charge in [0.05, 0.1) is 30.4 Å². The minimum absolute atomic E-state index is 0.124. The van der Waals surface area contributed by atoms with E-state index in [1.54, 1.807) is 37.4 Å². The monoisotopic (exact) mass is 382 g/mol. The Balaban J connectivity index is 1.94. The summed E-state index contributed by atoms with van der Waals surface area (Å²) in [6.45, 7) is 2.09. The van der Waals surface area contributed by atoms with Gasteiger partial charge in [-0.3, -0.25) is 20.0 Å². The van der Waals surface area contributed by atoms with Gasteiger partial charge in [-0.25, -0.2) is 0 Å². The molecule has 144 valence electrons. The summed E-state index contributed by atoms with van der Waals surface area (Å²) in [6.07, 6.45) is 1.62. The van der Waals surface area contributed by atoms with Gasteiger partial charge in [0.15, 0.2) is 11.5 Å². The fourth-order valence-electron chi connectivity index (χ4n) is 2.69. The molecule has 0 bridgehead atoms. The standard InChI is InChI=1S/C19H18N4O5/c1-3-28-18-10-14(16(23(25)26)11-17(18)27-2)19(24)21-13-6-4-5-12(9-13)15-7-8-20-22-15/h4-11H,3H2,1-2H3,(H,20,22)(H,21,24). The van der Waals surface area contributed by atoms with Gasteiger partial charge in [0.25, 0.3) is 11.6 Å². The van der Waals surface area contributed by atoms with Crippen molar-refractivity contribution in [1.29, 1.82) is 0 Å². The normalized spacial score (nSPS) is 10.4. The highest BCUT2D eigenvalue weighted by molar-refractivity contribution is 6.07. The number of methoxy groups -OCH3 is 1. The second-order valence-corrected chi connectivity index (χ2v) is 5.72. The number of aromatic nitrogens is 2. The Morgan fingerprint density at radius 3 is 2.71 bits per heavy atom. The lowest BCUT2D eigenvalue weighted by Gasteiger charge is -2.12. The van der Waals surface area contributed by atoms with E-state index in [2.05, 4.69) is 15.5 Å². The van der Waals surface area contributed by atoms with Crippen LogP contribution in [0.1, 0.15) is 17.3 Å². The van der Waals surface area contributed by atoms with Crippen molar-refractivity contribution in [3.63, 3.8) is 0 Å². The lowest BCUT2D eigenvalue weighted by atomic mass is 10.1. The highest BCUT2D eigenvalue weighted by Gasteiger charge is 2.25. The molecule has 0 unspecified atom stereocenters. The molecule has 1 amide bonds. The first-order valence-corrected chi connectivity index (χ1v) is 8.44. The smallest absolute Gasteiger partial charge is 0.286 e. The van der Waals surface area contributed by atoms with Crippen molar-refractivity contribution in [2.24, 2.45) is 0 Å². The highest BCUT2D eigenvalue weighted by atomic mass is 16.6. The average molecular weight is 382 g/mol. The Morgan fingerprint density at radius 2 is 2.07 bits per heavy atom. The maximum atomic E-state index is 12.8. The first-order valence-electron chi connectivity index (χ1n) is 8.44. The molecule has 2 N–H and O–H groups in total. The number of nitro benzene ring substituents is 1. The number of carbonyl (C=O) groups is 1. The minimum atomic E-state index is -0.631. The molecule has 3 aromatic rings. The van der Waals surface area contributed by atoms with E-state index >= 15 is 0 Å². The first kappa shape index (κ1) is 18.9. The highest BCUT2D eigenvalue weighted by Crippen LogP contribution is 2.35. The summed E-state index contributed by atoms with van der Waals surface area (Å²) in [7, 11) is 1.38. The van der Waals surface area contributed by atoms with E-state index in [1.807, 2.05) is 6.07 Å². The molecule has 28 heavy (non-hydrogen) atoms. The van der Waals surface area contributed by atoms with Crippen molar-refractivity contribution in [3.05, 3.63) is 64.3 Å². The molecule has 0 aliphatic heterocycles. The number of carbonyl (C=O) groups excluding carboxylic acids is 1. The summed E-state index contributed by atoms with van der Waals surface area (Å²) in [5.74, 6) is -0.185. The van der Waals surface area contributed by atoms with Gasteiger partial charge in [-0.05, 0) is 25.1 Å². The van der Waals surface area contributed by atoms with E-state index in [0.29, 0.717) is 12.3 Å². The molecule has 0 radical (unpaired) electrons. The molecule has 0 saturated heterocycles. The molecule has 2 aromatic carbocycles. The van der Waals surface area contributed by atoms with Crippen LogP contribution in [0.2, 0.25) is 0 Å². The van der Waals surface area contributed by atoms with Crippen molar-refractivity contribution in [2.45, 2.75) is 6.92 Å². The van der Waals surface area contributed by atoms with E-state index in [1.165, 1.54) is 19.2 Å². The van der Waals surface area contributed by atoms with Crippen molar-refractivity contribution in [3.8, 4) is 22.8 Å². The van der Waals surface area contributed by atoms with Gasteiger partial charge in [0, 0.05) is 23.5 Å². The second kappa shape index (κ2) is 8.21. The van der Waals surface area contributed by atoms with Crippen LogP contribution in [0.3, 0.4) is 0 Å². The molecule has 3 rings (SSSR count). The Hall–Kier alpha value is -3.88. The van der Waals surface area contributed by atoms with E-state index < -0.39 is 10.8 Å². The number of nitrogens with one attached hydrogen (secondary N) is 2. The Morgan fingerprint density at radius 1 is 1.25 bits per heavy atom. The number of anilines is 1. The van der Waals surface area contributed by atoms with Gasteiger partial charge in [-0.2, -0.15) is 5.10 Å². The molecule has 0 spiro atoms. The van der Waals surface area contributed by atoms with Crippen LogP contribution in [0.25, 0.3) is 11.3 Å². The summed E-state index contributed by atoms with van der Waals surface area (Å²) in [5, 5.41) is 20.9. The van der Waals surface area contributed by atoms with Crippen LogP contribution in [0, 0.1) is 10.1 Å². The zero-order chi connectivity index (χ0) is 20.1. The zero-order valence-electron chi connectivity index (χ0n) is 15.3. The summed E-state index contributed by atoms with van der Waals surface area (Å²) < 4.78 is 10.6. The minimum Gasteiger partial charge on any atom is -0.493 e. The second-order valence-electron chi connectivity index (χ2n) is 5.72. The lowest BCUT2D eigenvalue weighted by Crippen LogP contribution is -2.14. The maximum Gasteiger partial charge on any atom is 0.286 e. The van der Waals surface area contributed by atoms with Crippen LogP contribution in [0.15, 0.2) is 48.7 Å². The van der Waals surface area contributed by atoms with Gasteiger partial charge in [0.2, 0.25) is 0 Å². The molecular formula is C19H18N4O5. The SMILES string of the molecule is CCOc1cc(C(=O)Nc2cccc(-c3ccn[nH]3)c2)c([N+](=O)[O-])cc1OC. The van der Waals surface area contributed by atoms with Crippen LogP contribution in [-0.4, -0.2) is 34.7 Å². The van der Waals surface area contributed by atoms with Gasteiger partial charge in [0.1, 0.15) is 5.56 Å². The number of hydrogen-bond acceptors (Lipinski definition) is 6. The summed E-state index contributed by atoms with van der Waals surface area (Å²) in [5.41, 5.74) is 1.59. The van der Waals surface area contributed by atoms with Crippen LogP contribution in [0.4, 0.5) is 11.4 Å². The molecule has 0 aliphatic rings. The van der Waals surface area contributed by atoms with Gasteiger partial charge in [-0.15, -0.1) is 0 Å². The number of H-pyrrole nitrogens is 1. The van der Waals surface area contributed by atoms with E-state index in [-0.39, 0.29) is 22.7 Å². The van der Waals surface area contributed by atoms with Gasteiger partial charge in [-0.1, -0.05) is 12.1 Å². The van der Waals surface area contributed by atoms with Gasteiger partial charge < -0.3 is 14.8 Å². The number of nitrogens with zero attached hydrogens (tertiary/aromatic N) is 2. The van der Waals surface area contributed by atoms with Crippen LogP contribution < -0.4 is 14.8 Å². The molecule has 1 aromatic heterocycles. The molecule has 0 fully saturated rings. The molecule has 1 heterocycles. The van der Waals surface area contributed by atoms with E-state index in [4.69, 9.17) is 9.47 Å². The third-order valence-electron chi connectivity index (χ3n) is 3.96. The number of hydrogen-bond donors (Lipinski definition) is 2. The molecule has 9 nitrogen and oxygen atoms in total. The van der Waals surface area contributed by atoms with E-state index in [0.717, 1.165) is 11.3 Å². The number of benzene rings is 2. The molecule has 9 heteroatoms. The van der Waals surface area contributed by atoms with Crippen molar-refractivity contribution < 1.29 is 19.2 Å². The fourth-order valence-corrected chi connectivity index (χ4v) is 2.69. The maximum absolute atomic E-state index is 12.8. The third-order valence-corrected chi connectivity index (χ3v) is 3.96. The summed E-state index contributed by atoms with van der Waals surface area (Å²) in [4.78, 5) is 23.6. The summed E-state index contributed by atoms with van der Waals surface area (Å²) >= 11 is 0.